The van der Waals surface area contributed by atoms with E-state index in [-0.39, 0.29) is 62.7 Å². The molecule has 0 aliphatic rings. The number of hydrogen-bond acceptors (Lipinski definition) is 18. The van der Waals surface area contributed by atoms with Crippen LogP contribution in [0.2, 0.25) is 0 Å². The summed E-state index contributed by atoms with van der Waals surface area (Å²) < 4.78 is 146. The second-order valence-electron chi connectivity index (χ2n) is 15.5. The topological polar surface area (TPSA) is 342 Å². The maximum absolute atomic E-state index is 12.7. The molecule has 0 radical (unpaired) electrons. The molecular weight excluding hydrogens is 1020 g/mol. The van der Waals surface area contributed by atoms with Crippen LogP contribution in [0.25, 0.3) is 32.3 Å². The largest absolute Gasteiger partial charge is 0.505 e. The van der Waals surface area contributed by atoms with Gasteiger partial charge in [-0.05, 0) is 133 Å². The Hall–Kier alpha value is -7.82. The molecule has 26 heteroatoms. The number of azo groups is 3. The van der Waals surface area contributed by atoms with Crippen LogP contribution in [0.1, 0.15) is 6.42 Å². The summed E-state index contributed by atoms with van der Waals surface area (Å²) in [5.74, 6) is -0.100. The number of hydrogen-bond donors (Lipinski definition) is 6. The van der Waals surface area contributed by atoms with Gasteiger partial charge >= 0.3 is 0 Å². The van der Waals surface area contributed by atoms with Crippen molar-refractivity contribution in [3.63, 3.8) is 0 Å². The Morgan fingerprint density at radius 3 is 1.49 bits per heavy atom. The molecule has 8 aromatic carbocycles. The van der Waals surface area contributed by atoms with Gasteiger partial charge in [0, 0.05) is 38.3 Å². The fourth-order valence-electron chi connectivity index (χ4n) is 7.19. The molecule has 0 saturated carbocycles. The highest BCUT2D eigenvalue weighted by atomic mass is 32.2. The highest BCUT2D eigenvalue weighted by Crippen LogP contribution is 2.44. The Morgan fingerprint density at radius 2 is 0.972 bits per heavy atom. The molecule has 0 atom stereocenters. The summed E-state index contributed by atoms with van der Waals surface area (Å²) in [5, 5.41) is 41.0. The molecule has 6 N–H and O–H groups in total. The molecule has 8 aromatic rings. The lowest BCUT2D eigenvalue weighted by Gasteiger charge is -2.12. The van der Waals surface area contributed by atoms with Crippen molar-refractivity contribution in [3.8, 4) is 17.2 Å². The second-order valence-corrected chi connectivity index (χ2v) is 21.3. The molecule has 0 amide bonds. The highest BCUT2D eigenvalue weighted by molar-refractivity contribution is 7.86. The lowest BCUT2D eigenvalue weighted by molar-refractivity contribution is 0.316. The number of phenolic OH excluding ortho intramolecular Hbond substituents is 1. The zero-order valence-electron chi connectivity index (χ0n) is 37.0. The van der Waals surface area contributed by atoms with Crippen LogP contribution < -0.4 is 14.8 Å². The number of methoxy groups -OCH3 is 1. The van der Waals surface area contributed by atoms with Gasteiger partial charge in [-0.25, -0.2) is 0 Å². The van der Waals surface area contributed by atoms with Gasteiger partial charge in [-0.15, -0.1) is 25.6 Å². The number of nitrogens with zero attached hydrogens (tertiary/aromatic N) is 6. The first-order valence-corrected chi connectivity index (χ1v) is 26.7. The van der Waals surface area contributed by atoms with Gasteiger partial charge in [0.2, 0.25) is 0 Å². The summed E-state index contributed by atoms with van der Waals surface area (Å²) in [5.41, 5.74) is 1.16. The van der Waals surface area contributed by atoms with E-state index in [0.717, 1.165) is 30.3 Å². The average Bonchev–Trinajstić information content (AvgIpc) is 3.33. The third kappa shape index (κ3) is 11.8. The lowest BCUT2D eigenvalue weighted by Crippen LogP contribution is -2.08. The SMILES string of the molecule is COc1ccc(Nc2ccc3c(O)c(N=Nc4ccc(N=Nc5ccc(N=Nc6ccc(OCCCS(=O)(=O)O)cc6)c6ccc(S(=O)(=O)O)cc56)c5ccc(S(=O)(=O)O)cc45)c(S(=O)(=O)O)cc3c2)cc1. The van der Waals surface area contributed by atoms with Crippen LogP contribution in [0.3, 0.4) is 0 Å². The zero-order chi connectivity index (χ0) is 51.6. The van der Waals surface area contributed by atoms with Crippen molar-refractivity contribution in [2.75, 3.05) is 24.8 Å². The van der Waals surface area contributed by atoms with E-state index in [0.29, 0.717) is 33.9 Å². The fraction of sp³-hybridized carbons (Fsp3) is 0.0870. The molecule has 0 unspecified atom stereocenters. The van der Waals surface area contributed by atoms with E-state index >= 15 is 0 Å². The van der Waals surface area contributed by atoms with Crippen molar-refractivity contribution in [2.45, 2.75) is 21.1 Å². The smallest absolute Gasteiger partial charge is 0.296 e. The van der Waals surface area contributed by atoms with Crippen LogP contribution in [-0.2, 0) is 40.5 Å². The Morgan fingerprint density at radius 1 is 0.486 bits per heavy atom. The first kappa shape index (κ1) is 50.6. The Balaban J connectivity index is 1.14. The second kappa shape index (κ2) is 20.1. The molecule has 8 rings (SSSR count). The lowest BCUT2D eigenvalue weighted by atomic mass is 10.1. The Labute approximate surface area is 410 Å². The van der Waals surface area contributed by atoms with E-state index < -0.39 is 72.3 Å². The minimum atomic E-state index is -5.06. The minimum absolute atomic E-state index is 0.0146. The molecule has 0 heterocycles. The van der Waals surface area contributed by atoms with Gasteiger partial charge < -0.3 is 19.9 Å². The number of benzene rings is 8. The standard InChI is InChI=1S/C46H37N7O15S4/c1-67-31-8-3-28(4-9-31)47-30-7-14-35-27(23-30)24-44(72(64,65)66)45(46(35)54)53-52-43-20-18-41(37-16-13-34(26-39(37)43)71(61,62)63)50-51-42-19-17-40(36-15-12-33(25-38(36)42)70(58,59)60)49-48-29-5-10-32(11-6-29)68-21-2-22-69(55,56)57/h3-20,23-26,47,54H,2,21-22H2,1H3,(H,55,56,57)(H,58,59,60)(H,61,62,63)(H,64,65,66). The van der Waals surface area contributed by atoms with Gasteiger partial charge in [0.1, 0.15) is 22.1 Å². The average molecular weight is 1060 g/mol. The maximum Gasteiger partial charge on any atom is 0.296 e. The van der Waals surface area contributed by atoms with E-state index in [1.54, 1.807) is 54.6 Å². The van der Waals surface area contributed by atoms with Crippen molar-refractivity contribution in [1.82, 2.24) is 0 Å². The van der Waals surface area contributed by atoms with E-state index in [2.05, 4.69) is 36.0 Å². The third-order valence-corrected chi connectivity index (χ3v) is 14.0. The molecule has 72 heavy (non-hydrogen) atoms. The molecule has 0 spiro atoms. The van der Waals surface area contributed by atoms with Crippen LogP contribution >= 0.6 is 0 Å². The summed E-state index contributed by atoms with van der Waals surface area (Å²) in [6.45, 7) is 0.0277. The Bertz CT molecular complexity index is 4010. The van der Waals surface area contributed by atoms with Crippen LogP contribution in [0.15, 0.2) is 179 Å². The predicted octanol–water partition coefficient (Wildman–Crippen LogP) is 11.2. The van der Waals surface area contributed by atoms with Crippen LogP contribution in [0.4, 0.5) is 45.5 Å². The summed E-state index contributed by atoms with van der Waals surface area (Å²) in [6.07, 6.45) is 0.0644. The van der Waals surface area contributed by atoms with Gasteiger partial charge in [0.15, 0.2) is 5.75 Å². The summed E-state index contributed by atoms with van der Waals surface area (Å²) in [6, 6.07) is 31.7. The van der Waals surface area contributed by atoms with Gasteiger partial charge in [0.05, 0.1) is 57.7 Å². The Kier molecular flexibility index (Phi) is 14.1. The number of anilines is 2. The molecule has 0 fully saturated rings. The number of rotatable bonds is 17. The van der Waals surface area contributed by atoms with Crippen LogP contribution in [-0.4, -0.2) is 76.5 Å². The fourth-order valence-corrected chi connectivity index (χ4v) is 9.34. The first-order valence-electron chi connectivity index (χ1n) is 20.7. The number of fused-ring (bicyclic) bond motifs is 3. The van der Waals surface area contributed by atoms with Crippen molar-refractivity contribution in [2.24, 2.45) is 30.7 Å². The van der Waals surface area contributed by atoms with Crippen LogP contribution in [0, 0.1) is 0 Å². The van der Waals surface area contributed by atoms with Gasteiger partial charge in [-0.3, -0.25) is 18.2 Å². The number of ether oxygens (including phenoxy) is 2. The molecule has 0 aliphatic carbocycles. The third-order valence-electron chi connectivity index (χ3n) is 10.6. The van der Waals surface area contributed by atoms with Crippen molar-refractivity contribution in [3.05, 3.63) is 133 Å². The van der Waals surface area contributed by atoms with Gasteiger partial charge in [-0.2, -0.15) is 38.8 Å². The molecule has 22 nitrogen and oxygen atoms in total. The summed E-state index contributed by atoms with van der Waals surface area (Å²) >= 11 is 0. The maximum atomic E-state index is 12.7. The molecular formula is C46H37N7O15S4. The molecule has 0 bridgehead atoms. The van der Waals surface area contributed by atoms with Gasteiger partial charge in [0.25, 0.3) is 40.5 Å². The first-order chi connectivity index (χ1) is 34.0. The van der Waals surface area contributed by atoms with E-state index in [1.165, 1.54) is 55.6 Å². The monoisotopic (exact) mass is 1060 g/mol. The molecule has 0 aromatic heterocycles. The number of aromatic hydroxyl groups is 1. The molecule has 0 saturated heterocycles. The van der Waals surface area contributed by atoms with E-state index in [1.807, 2.05) is 0 Å². The number of nitrogens with one attached hydrogen (secondary N) is 1. The van der Waals surface area contributed by atoms with Crippen molar-refractivity contribution >= 4 is 118 Å². The van der Waals surface area contributed by atoms with Crippen LogP contribution in [0.5, 0.6) is 17.2 Å². The predicted molar refractivity (Wildman–Crippen MR) is 265 cm³/mol. The van der Waals surface area contributed by atoms with E-state index in [9.17, 15) is 52.4 Å². The zero-order valence-corrected chi connectivity index (χ0v) is 40.2. The quantitative estimate of drug-likeness (QED) is 0.0280. The van der Waals surface area contributed by atoms with E-state index in [4.69, 9.17) is 14.0 Å². The summed E-state index contributed by atoms with van der Waals surface area (Å²) in [4.78, 5) is -1.86. The highest BCUT2D eigenvalue weighted by Gasteiger charge is 2.23. The molecule has 0 aliphatic heterocycles. The number of phenols is 1. The van der Waals surface area contributed by atoms with Crippen molar-refractivity contribution < 1.29 is 66.5 Å². The van der Waals surface area contributed by atoms with Gasteiger partial charge in [-0.1, -0.05) is 12.1 Å². The minimum Gasteiger partial charge on any atom is -0.505 e. The normalized spacial score (nSPS) is 12.7. The van der Waals surface area contributed by atoms with Crippen molar-refractivity contribution in [1.29, 1.82) is 0 Å². The summed E-state index contributed by atoms with van der Waals surface area (Å²) in [7, 11) is -17.2. The molecule has 370 valence electrons.